The van der Waals surface area contributed by atoms with Crippen LogP contribution in [0, 0.1) is 11.8 Å². The molecule has 1 aromatic carbocycles. The van der Waals surface area contributed by atoms with E-state index in [2.05, 4.69) is 36.5 Å². The molecule has 2 aliphatic heterocycles. The van der Waals surface area contributed by atoms with Crippen molar-refractivity contribution >= 4 is 5.69 Å². The SMILES string of the molecule is CCc1ccc2c(c1)[C@H]1OCCC[C@H]1[C@H](C1C=CC=C(O)C1)N2. The molecule has 1 saturated heterocycles. The number of aryl methyl sites for hydroxylation is 1. The molecule has 2 N–H and O–H groups in total. The van der Waals surface area contributed by atoms with Crippen LogP contribution in [-0.4, -0.2) is 17.8 Å². The van der Waals surface area contributed by atoms with Gasteiger partial charge in [0.15, 0.2) is 0 Å². The molecule has 0 saturated carbocycles. The van der Waals surface area contributed by atoms with Crippen molar-refractivity contribution in [1.29, 1.82) is 0 Å². The van der Waals surface area contributed by atoms with Gasteiger partial charge in [0.05, 0.1) is 11.9 Å². The summed E-state index contributed by atoms with van der Waals surface area (Å²) in [5.74, 6) is 1.29. The van der Waals surface area contributed by atoms with Crippen LogP contribution in [0.5, 0.6) is 0 Å². The molecule has 0 amide bonds. The van der Waals surface area contributed by atoms with Gasteiger partial charge in [0, 0.05) is 42.2 Å². The van der Waals surface area contributed by atoms with Gasteiger partial charge in [-0.1, -0.05) is 31.2 Å². The number of hydrogen-bond acceptors (Lipinski definition) is 3. The predicted molar refractivity (Wildman–Crippen MR) is 92.6 cm³/mol. The van der Waals surface area contributed by atoms with Crippen LogP contribution in [0.3, 0.4) is 0 Å². The number of aliphatic hydroxyl groups excluding tert-OH is 1. The average Bonchev–Trinajstić information content (AvgIpc) is 2.60. The van der Waals surface area contributed by atoms with E-state index in [1.54, 1.807) is 6.08 Å². The van der Waals surface area contributed by atoms with E-state index in [0.717, 1.165) is 25.9 Å². The lowest BCUT2D eigenvalue weighted by Crippen LogP contribution is -2.45. The Morgan fingerprint density at radius 1 is 1.35 bits per heavy atom. The predicted octanol–water partition coefficient (Wildman–Crippen LogP) is 4.53. The lowest BCUT2D eigenvalue weighted by Gasteiger charge is -2.46. The van der Waals surface area contributed by atoms with Gasteiger partial charge in [0.1, 0.15) is 0 Å². The summed E-state index contributed by atoms with van der Waals surface area (Å²) in [7, 11) is 0. The Labute approximate surface area is 138 Å². The van der Waals surface area contributed by atoms with Gasteiger partial charge in [-0.25, -0.2) is 0 Å². The van der Waals surface area contributed by atoms with Crippen molar-refractivity contribution < 1.29 is 9.84 Å². The van der Waals surface area contributed by atoms with Crippen molar-refractivity contribution in [2.75, 3.05) is 11.9 Å². The summed E-state index contributed by atoms with van der Waals surface area (Å²) >= 11 is 0. The second kappa shape index (κ2) is 6.04. The number of ether oxygens (including phenoxy) is 1. The first kappa shape index (κ1) is 14.8. The molecular formula is C20H25NO2. The quantitative estimate of drug-likeness (QED) is 0.843. The Kier molecular flexibility index (Phi) is 3.90. The van der Waals surface area contributed by atoms with Crippen molar-refractivity contribution in [3.05, 3.63) is 53.3 Å². The third kappa shape index (κ3) is 2.67. The lowest BCUT2D eigenvalue weighted by molar-refractivity contribution is -0.0422. The largest absolute Gasteiger partial charge is 0.512 e. The molecule has 23 heavy (non-hydrogen) atoms. The van der Waals surface area contributed by atoms with Crippen LogP contribution in [0.1, 0.15) is 43.4 Å². The first-order chi connectivity index (χ1) is 11.3. The lowest BCUT2D eigenvalue weighted by atomic mass is 9.73. The molecule has 4 atom stereocenters. The van der Waals surface area contributed by atoms with Crippen molar-refractivity contribution in [3.63, 3.8) is 0 Å². The molecule has 1 aromatic rings. The number of nitrogens with one attached hydrogen (secondary N) is 1. The van der Waals surface area contributed by atoms with Crippen LogP contribution >= 0.6 is 0 Å². The molecule has 0 spiro atoms. The summed E-state index contributed by atoms with van der Waals surface area (Å²) in [6, 6.07) is 7.06. The molecule has 0 bridgehead atoms. The van der Waals surface area contributed by atoms with Crippen molar-refractivity contribution in [2.24, 2.45) is 11.8 Å². The normalized spacial score (nSPS) is 32.5. The summed E-state index contributed by atoms with van der Waals surface area (Å²) in [5.41, 5.74) is 3.90. The molecule has 3 heteroatoms. The first-order valence-electron chi connectivity index (χ1n) is 8.83. The van der Waals surface area contributed by atoms with Crippen LogP contribution in [0.4, 0.5) is 5.69 Å². The number of rotatable bonds is 2. The summed E-state index contributed by atoms with van der Waals surface area (Å²) in [6.07, 6.45) is 10.3. The minimum atomic E-state index is 0.193. The van der Waals surface area contributed by atoms with Gasteiger partial charge in [-0.15, -0.1) is 0 Å². The fourth-order valence-corrected chi connectivity index (χ4v) is 4.34. The highest BCUT2D eigenvalue weighted by atomic mass is 16.5. The van der Waals surface area contributed by atoms with E-state index < -0.39 is 0 Å². The van der Waals surface area contributed by atoms with Crippen molar-refractivity contribution in [1.82, 2.24) is 0 Å². The topological polar surface area (TPSA) is 41.5 Å². The minimum absolute atomic E-state index is 0.193. The second-order valence-electron chi connectivity index (χ2n) is 6.95. The van der Waals surface area contributed by atoms with Gasteiger partial charge in [-0.3, -0.25) is 0 Å². The molecule has 3 nitrogen and oxygen atoms in total. The first-order valence-corrected chi connectivity index (χ1v) is 8.83. The third-order valence-corrected chi connectivity index (χ3v) is 5.54. The summed E-state index contributed by atoms with van der Waals surface area (Å²) < 4.78 is 6.21. The van der Waals surface area contributed by atoms with Gasteiger partial charge >= 0.3 is 0 Å². The van der Waals surface area contributed by atoms with E-state index in [-0.39, 0.29) is 6.10 Å². The molecule has 3 aliphatic rings. The zero-order valence-corrected chi connectivity index (χ0v) is 13.7. The molecule has 0 aromatic heterocycles. The molecule has 1 aliphatic carbocycles. The fourth-order valence-electron chi connectivity index (χ4n) is 4.34. The molecular weight excluding hydrogens is 286 g/mol. The number of benzene rings is 1. The van der Waals surface area contributed by atoms with E-state index in [4.69, 9.17) is 4.74 Å². The third-order valence-electron chi connectivity index (χ3n) is 5.54. The maximum Gasteiger partial charge on any atom is 0.0929 e. The smallest absolute Gasteiger partial charge is 0.0929 e. The zero-order chi connectivity index (χ0) is 15.8. The van der Waals surface area contributed by atoms with E-state index in [1.165, 1.54) is 23.2 Å². The minimum Gasteiger partial charge on any atom is -0.512 e. The highest BCUT2D eigenvalue weighted by molar-refractivity contribution is 5.57. The van der Waals surface area contributed by atoms with E-state index in [1.807, 2.05) is 6.08 Å². The van der Waals surface area contributed by atoms with E-state index >= 15 is 0 Å². The standard InChI is InChI=1S/C20H25NO2/c1-2-13-8-9-18-17(11-13)20-16(7-4-10-23-20)19(21-18)14-5-3-6-15(22)12-14/h3,5-6,8-9,11,14,16,19-22H,2,4,7,10,12H2,1H3/t14?,16-,19-,20-/m0/s1. The Morgan fingerprint density at radius 3 is 3.09 bits per heavy atom. The van der Waals surface area contributed by atoms with Crippen molar-refractivity contribution in [3.8, 4) is 0 Å². The van der Waals surface area contributed by atoms with Crippen LogP contribution in [-0.2, 0) is 11.2 Å². The highest BCUT2D eigenvalue weighted by Crippen LogP contribution is 2.47. The Morgan fingerprint density at radius 2 is 2.26 bits per heavy atom. The van der Waals surface area contributed by atoms with E-state index in [0.29, 0.717) is 23.6 Å². The second-order valence-corrected chi connectivity index (χ2v) is 6.95. The van der Waals surface area contributed by atoms with Gasteiger partial charge in [-0.2, -0.15) is 0 Å². The summed E-state index contributed by atoms with van der Waals surface area (Å²) in [5, 5.41) is 13.7. The maximum atomic E-state index is 9.92. The van der Waals surface area contributed by atoms with Crippen LogP contribution in [0.25, 0.3) is 0 Å². The Hall–Kier alpha value is -1.74. The molecule has 4 rings (SSSR count). The van der Waals surface area contributed by atoms with Crippen LogP contribution in [0.2, 0.25) is 0 Å². The van der Waals surface area contributed by atoms with Crippen molar-refractivity contribution in [2.45, 2.75) is 44.8 Å². The molecule has 122 valence electrons. The fraction of sp³-hybridized carbons (Fsp3) is 0.500. The average molecular weight is 311 g/mol. The number of allylic oxidation sites excluding steroid dienone is 3. The molecule has 2 heterocycles. The number of fused-ring (bicyclic) bond motifs is 3. The van der Waals surface area contributed by atoms with Gasteiger partial charge < -0.3 is 15.2 Å². The zero-order valence-electron chi connectivity index (χ0n) is 13.7. The Bertz CT molecular complexity index is 649. The summed E-state index contributed by atoms with van der Waals surface area (Å²) in [6.45, 7) is 3.05. The molecule has 0 radical (unpaired) electrons. The van der Waals surface area contributed by atoms with E-state index in [9.17, 15) is 5.11 Å². The van der Waals surface area contributed by atoms with Crippen LogP contribution in [0.15, 0.2) is 42.2 Å². The molecule has 1 fully saturated rings. The monoisotopic (exact) mass is 311 g/mol. The maximum absolute atomic E-state index is 9.92. The van der Waals surface area contributed by atoms with Crippen LogP contribution < -0.4 is 5.32 Å². The number of hydrogen-bond donors (Lipinski definition) is 2. The highest BCUT2D eigenvalue weighted by Gasteiger charge is 2.42. The van der Waals surface area contributed by atoms with Gasteiger partial charge in [0.2, 0.25) is 0 Å². The summed E-state index contributed by atoms with van der Waals surface area (Å²) in [4.78, 5) is 0. The Balaban J connectivity index is 1.69. The number of anilines is 1. The molecule has 1 unspecified atom stereocenters. The van der Waals surface area contributed by atoms with Gasteiger partial charge in [0.25, 0.3) is 0 Å². The number of aliphatic hydroxyl groups is 1. The van der Waals surface area contributed by atoms with Gasteiger partial charge in [-0.05, 0) is 37.0 Å².